The van der Waals surface area contributed by atoms with Gasteiger partial charge in [-0.1, -0.05) is 19.3 Å². The number of aromatic nitrogens is 4. The predicted octanol–water partition coefficient (Wildman–Crippen LogP) is 7.57. The van der Waals surface area contributed by atoms with Crippen LogP contribution in [0.1, 0.15) is 84.0 Å². The van der Waals surface area contributed by atoms with Gasteiger partial charge in [0.2, 0.25) is 0 Å². The SMILES string of the molecule is Cn1cnnc1-c1ccc(C#N)cc1-c1cc(NCCC2CC2)nc(N2Cc3c(cc(CN4CCCC5(CCC5)C4)cc3C(F)(F)F)C2=O)c1. The summed E-state index contributed by atoms with van der Waals surface area (Å²) in [5.74, 6) is 1.49. The number of likely N-dealkylation sites (tertiary alicyclic amines) is 1. The van der Waals surface area contributed by atoms with E-state index in [9.17, 15) is 23.2 Å². The monoisotopic (exact) mass is 680 g/mol. The van der Waals surface area contributed by atoms with E-state index >= 15 is 0 Å². The molecule has 2 aromatic heterocycles. The van der Waals surface area contributed by atoms with Gasteiger partial charge in [-0.25, -0.2) is 4.98 Å². The first kappa shape index (κ1) is 32.4. The van der Waals surface area contributed by atoms with Gasteiger partial charge in [0.1, 0.15) is 18.0 Å². The fourth-order valence-electron chi connectivity index (χ4n) is 8.07. The van der Waals surface area contributed by atoms with Crippen LogP contribution in [-0.4, -0.2) is 50.2 Å². The maximum Gasteiger partial charge on any atom is 0.416 e. The van der Waals surface area contributed by atoms with E-state index in [2.05, 4.69) is 26.5 Å². The number of halogens is 3. The second kappa shape index (κ2) is 12.5. The predicted molar refractivity (Wildman–Crippen MR) is 183 cm³/mol. The molecule has 3 fully saturated rings. The number of rotatable bonds is 9. The highest BCUT2D eigenvalue weighted by Gasteiger charge is 2.43. The summed E-state index contributed by atoms with van der Waals surface area (Å²) >= 11 is 0. The van der Waals surface area contributed by atoms with Crippen molar-refractivity contribution in [2.75, 3.05) is 29.9 Å². The Balaban J connectivity index is 1.17. The van der Waals surface area contributed by atoms with Gasteiger partial charge in [0.25, 0.3) is 5.91 Å². The topological polar surface area (TPSA) is 103 Å². The van der Waals surface area contributed by atoms with Gasteiger partial charge >= 0.3 is 6.18 Å². The molecule has 0 atom stereocenters. The van der Waals surface area contributed by atoms with Crippen molar-refractivity contribution >= 4 is 17.5 Å². The number of anilines is 2. The first-order valence-corrected chi connectivity index (χ1v) is 17.5. The third-order valence-corrected chi connectivity index (χ3v) is 11.0. The van der Waals surface area contributed by atoms with Crippen LogP contribution in [0.2, 0.25) is 0 Å². The van der Waals surface area contributed by atoms with Gasteiger partial charge in [-0.05, 0) is 115 Å². The molecule has 4 aromatic rings. The Kier molecular flexibility index (Phi) is 8.13. The minimum Gasteiger partial charge on any atom is -0.370 e. The summed E-state index contributed by atoms with van der Waals surface area (Å²) < 4.78 is 45.8. The van der Waals surface area contributed by atoms with Crippen molar-refractivity contribution in [3.8, 4) is 28.6 Å². The standard InChI is InChI=1S/C38H39F3N8O/c1-47-23-44-46-35(47)28-7-6-25(19-42)14-29(28)27-17-33(43-12-8-24-4-5-24)45-34(18-27)49-21-31-30(36(49)50)15-26(16-32(31)38(39,40)41)20-48-13-3-11-37(22-48)9-2-10-37/h6-7,14-18,23-24H,2-5,8-13,20-22H2,1H3,(H,43,45). The number of nitriles is 1. The molecule has 9 nitrogen and oxygen atoms in total. The Bertz CT molecular complexity index is 2010. The molecule has 50 heavy (non-hydrogen) atoms. The number of nitrogens with one attached hydrogen (secondary N) is 1. The van der Waals surface area contributed by atoms with Crippen molar-refractivity contribution in [1.82, 2.24) is 24.6 Å². The first-order valence-electron chi connectivity index (χ1n) is 17.5. The molecule has 1 saturated heterocycles. The van der Waals surface area contributed by atoms with Gasteiger partial charge < -0.3 is 9.88 Å². The number of nitrogens with zero attached hydrogens (tertiary/aromatic N) is 7. The summed E-state index contributed by atoms with van der Waals surface area (Å²) in [5, 5.41) is 21.5. The van der Waals surface area contributed by atoms with Crippen LogP contribution in [0.4, 0.5) is 24.8 Å². The number of carbonyl (C=O) groups is 1. The first-order chi connectivity index (χ1) is 24.1. The van der Waals surface area contributed by atoms with Crippen LogP contribution in [-0.2, 0) is 26.3 Å². The smallest absolute Gasteiger partial charge is 0.370 e. The molecule has 12 heteroatoms. The molecule has 1 amide bonds. The number of aryl methyl sites for hydroxylation is 1. The van der Waals surface area contributed by atoms with E-state index in [1.807, 2.05) is 13.1 Å². The number of alkyl halides is 3. The number of hydrogen-bond donors (Lipinski definition) is 1. The van der Waals surface area contributed by atoms with Gasteiger partial charge in [0, 0.05) is 37.8 Å². The minimum absolute atomic E-state index is 0.0259. The Hall–Kier alpha value is -4.76. The Morgan fingerprint density at radius 3 is 2.56 bits per heavy atom. The van der Waals surface area contributed by atoms with Crippen LogP contribution in [0.5, 0.6) is 0 Å². The fourth-order valence-corrected chi connectivity index (χ4v) is 8.07. The van der Waals surface area contributed by atoms with E-state index < -0.39 is 17.6 Å². The molecular formula is C38H39F3N8O. The second-order valence-corrected chi connectivity index (χ2v) is 14.6. The number of fused-ring (bicyclic) bond motifs is 1. The molecule has 0 unspecified atom stereocenters. The third kappa shape index (κ3) is 6.23. The van der Waals surface area contributed by atoms with Crippen molar-refractivity contribution in [3.63, 3.8) is 0 Å². The summed E-state index contributed by atoms with van der Waals surface area (Å²) in [6.07, 6.45) is 6.13. The maximum absolute atomic E-state index is 14.7. The number of benzene rings is 2. The Morgan fingerprint density at radius 1 is 1.04 bits per heavy atom. The van der Waals surface area contributed by atoms with Crippen molar-refractivity contribution in [1.29, 1.82) is 5.26 Å². The molecule has 0 bridgehead atoms. The van der Waals surface area contributed by atoms with Crippen molar-refractivity contribution < 1.29 is 18.0 Å². The molecule has 2 aromatic carbocycles. The molecule has 4 heterocycles. The molecule has 1 N–H and O–H groups in total. The average molecular weight is 681 g/mol. The Morgan fingerprint density at radius 2 is 1.86 bits per heavy atom. The molecule has 258 valence electrons. The molecular weight excluding hydrogens is 641 g/mol. The number of hydrogen-bond acceptors (Lipinski definition) is 7. The zero-order valence-electron chi connectivity index (χ0n) is 28.1. The number of piperidine rings is 1. The lowest BCUT2D eigenvalue weighted by Crippen LogP contribution is -2.46. The fraction of sp³-hybridized carbons (Fsp3) is 0.447. The number of pyridine rings is 1. The second-order valence-electron chi connectivity index (χ2n) is 14.6. The van der Waals surface area contributed by atoms with Gasteiger partial charge in [-0.15, -0.1) is 10.2 Å². The van der Waals surface area contributed by atoms with Gasteiger partial charge in [-0.2, -0.15) is 18.4 Å². The van der Waals surface area contributed by atoms with Crippen LogP contribution in [0, 0.1) is 22.7 Å². The number of amides is 1. The quantitative estimate of drug-likeness (QED) is 0.195. The summed E-state index contributed by atoms with van der Waals surface area (Å²) in [6, 6.07) is 13.9. The number of carbonyl (C=O) groups excluding carboxylic acids is 1. The third-order valence-electron chi connectivity index (χ3n) is 11.0. The van der Waals surface area contributed by atoms with Crippen LogP contribution in [0.25, 0.3) is 22.5 Å². The van der Waals surface area contributed by atoms with E-state index in [0.29, 0.717) is 63.9 Å². The lowest BCUT2D eigenvalue weighted by atomic mass is 9.64. The van der Waals surface area contributed by atoms with Gasteiger partial charge in [0.05, 0.1) is 23.7 Å². The van der Waals surface area contributed by atoms with Gasteiger partial charge in [0.15, 0.2) is 5.82 Å². The molecule has 0 radical (unpaired) electrons. The summed E-state index contributed by atoms with van der Waals surface area (Å²) in [4.78, 5) is 22.6. The van der Waals surface area contributed by atoms with Crippen LogP contribution in [0.15, 0.2) is 48.8 Å². The summed E-state index contributed by atoms with van der Waals surface area (Å²) in [5.41, 5.74) is 2.55. The highest BCUT2D eigenvalue weighted by molar-refractivity contribution is 6.10. The van der Waals surface area contributed by atoms with E-state index in [1.54, 1.807) is 41.2 Å². The minimum atomic E-state index is -4.62. The van der Waals surface area contributed by atoms with Crippen molar-refractivity contribution in [3.05, 3.63) is 76.6 Å². The highest BCUT2D eigenvalue weighted by atomic mass is 19.4. The van der Waals surface area contributed by atoms with E-state index in [-0.39, 0.29) is 23.5 Å². The molecule has 4 aliphatic rings. The zero-order chi connectivity index (χ0) is 34.6. The van der Waals surface area contributed by atoms with Crippen molar-refractivity contribution in [2.45, 2.75) is 70.6 Å². The summed E-state index contributed by atoms with van der Waals surface area (Å²) in [7, 11) is 1.82. The lowest BCUT2D eigenvalue weighted by Gasteiger charge is -2.49. The maximum atomic E-state index is 14.7. The zero-order valence-corrected chi connectivity index (χ0v) is 28.1. The van der Waals surface area contributed by atoms with Crippen LogP contribution in [0.3, 0.4) is 0 Å². The van der Waals surface area contributed by atoms with E-state index in [1.165, 1.54) is 49.5 Å². The largest absolute Gasteiger partial charge is 0.416 e. The van der Waals surface area contributed by atoms with Crippen LogP contribution >= 0.6 is 0 Å². The van der Waals surface area contributed by atoms with Gasteiger partial charge in [-0.3, -0.25) is 14.6 Å². The molecule has 1 spiro atoms. The average Bonchev–Trinajstić information content (AvgIpc) is 3.72. The van der Waals surface area contributed by atoms with E-state index in [4.69, 9.17) is 4.98 Å². The summed E-state index contributed by atoms with van der Waals surface area (Å²) in [6.45, 7) is 2.54. The molecule has 8 rings (SSSR count). The molecule has 2 aliphatic carbocycles. The van der Waals surface area contributed by atoms with Crippen molar-refractivity contribution in [2.24, 2.45) is 18.4 Å². The normalized spacial score (nSPS) is 18.6. The molecule has 2 saturated carbocycles. The highest BCUT2D eigenvalue weighted by Crippen LogP contribution is 2.48. The molecule has 2 aliphatic heterocycles. The van der Waals surface area contributed by atoms with E-state index in [0.717, 1.165) is 25.9 Å². The lowest BCUT2D eigenvalue weighted by molar-refractivity contribution is -0.138. The Labute approximate surface area is 289 Å². The van der Waals surface area contributed by atoms with Crippen LogP contribution < -0.4 is 10.2 Å².